The Labute approximate surface area is 170 Å². The Morgan fingerprint density at radius 2 is 1.55 bits per heavy atom. The zero-order chi connectivity index (χ0) is 21.2. The zero-order valence-electron chi connectivity index (χ0n) is 16.4. The molecule has 3 aromatic carbocycles. The summed E-state index contributed by atoms with van der Waals surface area (Å²) in [6.45, 7) is 3.77. The van der Waals surface area contributed by atoms with Crippen molar-refractivity contribution < 1.29 is 13.3 Å². The van der Waals surface area contributed by atoms with Gasteiger partial charge in [0.05, 0.1) is 15.9 Å². The quantitative estimate of drug-likeness (QED) is 0.465. The number of benzene rings is 3. The number of nitrogens with zero attached hydrogens (tertiary/aromatic N) is 1. The highest BCUT2D eigenvalue weighted by atomic mass is 32.2. The molecule has 0 amide bonds. The van der Waals surface area contributed by atoms with Crippen LogP contribution in [0.3, 0.4) is 0 Å². The molecule has 0 aliphatic heterocycles. The Kier molecular flexibility index (Phi) is 5.70. The van der Waals surface area contributed by atoms with Crippen LogP contribution in [-0.2, 0) is 9.84 Å². The van der Waals surface area contributed by atoms with E-state index in [9.17, 15) is 18.5 Å². The first-order chi connectivity index (χ1) is 13.6. The fourth-order valence-corrected chi connectivity index (χ4v) is 3.79. The van der Waals surface area contributed by atoms with E-state index in [1.807, 2.05) is 37.3 Å². The summed E-state index contributed by atoms with van der Waals surface area (Å²) in [6, 6.07) is 18.9. The molecule has 0 fully saturated rings. The number of anilines is 1. The van der Waals surface area contributed by atoms with Gasteiger partial charge in [-0.25, -0.2) is 8.42 Å². The van der Waals surface area contributed by atoms with Crippen LogP contribution in [0.1, 0.15) is 28.3 Å². The van der Waals surface area contributed by atoms with Crippen LogP contribution in [0.15, 0.2) is 71.6 Å². The van der Waals surface area contributed by atoms with Crippen LogP contribution in [0.2, 0.25) is 0 Å². The molecular weight excluding hydrogens is 388 g/mol. The summed E-state index contributed by atoms with van der Waals surface area (Å²) >= 11 is 0. The summed E-state index contributed by atoms with van der Waals surface area (Å²) in [6.07, 6.45) is 1.16. The molecule has 7 heteroatoms. The Hall–Kier alpha value is -3.19. The zero-order valence-corrected chi connectivity index (χ0v) is 17.2. The lowest BCUT2D eigenvalue weighted by Crippen LogP contribution is -2.14. The van der Waals surface area contributed by atoms with Gasteiger partial charge in [-0.15, -0.1) is 0 Å². The van der Waals surface area contributed by atoms with E-state index in [1.165, 1.54) is 6.07 Å². The van der Waals surface area contributed by atoms with Crippen molar-refractivity contribution in [1.82, 2.24) is 0 Å². The molecule has 6 nitrogen and oxygen atoms in total. The van der Waals surface area contributed by atoms with E-state index in [2.05, 4.69) is 5.32 Å². The lowest BCUT2D eigenvalue weighted by Gasteiger charge is -2.22. The molecule has 0 saturated heterocycles. The molecule has 0 radical (unpaired) electrons. The van der Waals surface area contributed by atoms with Crippen molar-refractivity contribution in [3.63, 3.8) is 0 Å². The second kappa shape index (κ2) is 8.05. The van der Waals surface area contributed by atoms with Crippen molar-refractivity contribution >= 4 is 21.2 Å². The van der Waals surface area contributed by atoms with E-state index in [0.717, 1.165) is 22.9 Å². The topological polar surface area (TPSA) is 89.3 Å². The summed E-state index contributed by atoms with van der Waals surface area (Å²) in [4.78, 5) is 11.3. The third-order valence-electron chi connectivity index (χ3n) is 4.68. The number of sulfone groups is 1. The van der Waals surface area contributed by atoms with Crippen molar-refractivity contribution in [3.05, 3.63) is 99.1 Å². The standard InChI is InChI=1S/C22H22N2O4S/c1-15-7-10-17(11-8-15)22(18-5-4-6-19(14-18)29(3,27)28)23-20-12-9-16(2)13-21(20)24(25)26/h4-14,22-23H,1-3H3. The lowest BCUT2D eigenvalue weighted by atomic mass is 9.97. The summed E-state index contributed by atoms with van der Waals surface area (Å²) in [7, 11) is -3.38. The monoisotopic (exact) mass is 410 g/mol. The van der Waals surface area contributed by atoms with Gasteiger partial charge in [-0.1, -0.05) is 48.0 Å². The van der Waals surface area contributed by atoms with Gasteiger partial charge in [-0.2, -0.15) is 0 Å². The summed E-state index contributed by atoms with van der Waals surface area (Å²) in [5.74, 6) is 0. The maximum absolute atomic E-state index is 12.0. The molecule has 1 atom stereocenters. The van der Waals surface area contributed by atoms with Gasteiger partial charge < -0.3 is 5.32 Å². The van der Waals surface area contributed by atoms with Gasteiger partial charge in [0.1, 0.15) is 5.69 Å². The van der Waals surface area contributed by atoms with E-state index >= 15 is 0 Å². The molecule has 0 aromatic heterocycles. The predicted molar refractivity (Wildman–Crippen MR) is 114 cm³/mol. The van der Waals surface area contributed by atoms with Crippen LogP contribution in [-0.4, -0.2) is 19.6 Å². The van der Waals surface area contributed by atoms with Gasteiger partial charge in [0.2, 0.25) is 0 Å². The minimum absolute atomic E-state index is 0.0265. The highest BCUT2D eigenvalue weighted by molar-refractivity contribution is 7.90. The first-order valence-electron chi connectivity index (χ1n) is 9.03. The molecule has 3 rings (SSSR count). The molecule has 0 spiro atoms. The van der Waals surface area contributed by atoms with Crippen LogP contribution in [0.25, 0.3) is 0 Å². The predicted octanol–water partition coefficient (Wildman–Crippen LogP) is 4.82. The summed E-state index contributed by atoms with van der Waals surface area (Å²) in [5, 5.41) is 14.8. The van der Waals surface area contributed by atoms with E-state index in [-0.39, 0.29) is 10.6 Å². The molecule has 0 heterocycles. The fraction of sp³-hybridized carbons (Fsp3) is 0.182. The van der Waals surface area contributed by atoms with Crippen LogP contribution in [0.5, 0.6) is 0 Å². The van der Waals surface area contributed by atoms with Crippen LogP contribution >= 0.6 is 0 Å². The van der Waals surface area contributed by atoms with Gasteiger partial charge in [0.25, 0.3) is 5.69 Å². The Balaban J connectivity index is 2.13. The third kappa shape index (κ3) is 4.81. The Bertz CT molecular complexity index is 1160. The summed E-state index contributed by atoms with van der Waals surface area (Å²) in [5.41, 5.74) is 3.78. The van der Waals surface area contributed by atoms with E-state index in [4.69, 9.17) is 0 Å². The minimum atomic E-state index is -3.38. The van der Waals surface area contributed by atoms with E-state index < -0.39 is 20.8 Å². The molecule has 3 aromatic rings. The second-order valence-corrected chi connectivity index (χ2v) is 9.13. The number of hydrogen-bond donors (Lipinski definition) is 1. The fourth-order valence-electron chi connectivity index (χ4n) is 3.11. The minimum Gasteiger partial charge on any atom is -0.369 e. The van der Waals surface area contributed by atoms with Crippen molar-refractivity contribution in [1.29, 1.82) is 0 Å². The van der Waals surface area contributed by atoms with Gasteiger partial charge in [-0.3, -0.25) is 10.1 Å². The average molecular weight is 410 g/mol. The first kappa shape index (κ1) is 20.5. The van der Waals surface area contributed by atoms with E-state index in [1.54, 1.807) is 37.3 Å². The number of nitro groups is 1. The van der Waals surface area contributed by atoms with Crippen LogP contribution < -0.4 is 5.32 Å². The molecular formula is C22H22N2O4S. The molecule has 1 N–H and O–H groups in total. The number of hydrogen-bond acceptors (Lipinski definition) is 5. The molecule has 0 bridgehead atoms. The highest BCUT2D eigenvalue weighted by Gasteiger charge is 2.21. The van der Waals surface area contributed by atoms with Gasteiger partial charge >= 0.3 is 0 Å². The lowest BCUT2D eigenvalue weighted by molar-refractivity contribution is -0.384. The Morgan fingerprint density at radius 1 is 0.897 bits per heavy atom. The molecule has 29 heavy (non-hydrogen) atoms. The van der Waals surface area contributed by atoms with Crippen molar-refractivity contribution in [2.45, 2.75) is 24.8 Å². The first-order valence-corrected chi connectivity index (χ1v) is 10.9. The Morgan fingerprint density at radius 3 is 2.17 bits per heavy atom. The van der Waals surface area contributed by atoms with E-state index in [0.29, 0.717) is 11.3 Å². The van der Waals surface area contributed by atoms with Crippen molar-refractivity contribution in [3.8, 4) is 0 Å². The smallest absolute Gasteiger partial charge is 0.292 e. The number of nitrogens with one attached hydrogen (secondary N) is 1. The maximum Gasteiger partial charge on any atom is 0.292 e. The van der Waals surface area contributed by atoms with Crippen molar-refractivity contribution in [2.75, 3.05) is 11.6 Å². The SMILES string of the molecule is Cc1ccc(C(Nc2ccc(C)cc2[N+](=O)[O-])c2cccc(S(C)(=O)=O)c2)cc1. The highest BCUT2D eigenvalue weighted by Crippen LogP contribution is 2.33. The number of nitro benzene ring substituents is 1. The molecule has 0 aliphatic rings. The van der Waals surface area contributed by atoms with Crippen molar-refractivity contribution in [2.24, 2.45) is 0 Å². The van der Waals surface area contributed by atoms with Crippen LogP contribution in [0, 0.1) is 24.0 Å². The summed E-state index contributed by atoms with van der Waals surface area (Å²) < 4.78 is 24.0. The molecule has 1 unspecified atom stereocenters. The average Bonchev–Trinajstić information content (AvgIpc) is 2.67. The third-order valence-corrected chi connectivity index (χ3v) is 5.79. The van der Waals surface area contributed by atoms with Gasteiger partial charge in [0, 0.05) is 12.3 Å². The maximum atomic E-state index is 12.0. The van der Waals surface area contributed by atoms with Crippen LogP contribution in [0.4, 0.5) is 11.4 Å². The molecule has 150 valence electrons. The normalized spacial score (nSPS) is 12.4. The largest absolute Gasteiger partial charge is 0.369 e. The van der Waals surface area contributed by atoms with Gasteiger partial charge in [0.15, 0.2) is 9.84 Å². The molecule has 0 saturated carbocycles. The number of aryl methyl sites for hydroxylation is 2. The molecule has 0 aliphatic carbocycles. The second-order valence-electron chi connectivity index (χ2n) is 7.11. The number of rotatable bonds is 6. The van der Waals surface area contributed by atoms with Gasteiger partial charge in [-0.05, 0) is 48.7 Å².